The van der Waals surface area contributed by atoms with Crippen molar-refractivity contribution in [1.82, 2.24) is 4.90 Å². The Morgan fingerprint density at radius 3 is 2.22 bits per heavy atom. The summed E-state index contributed by atoms with van der Waals surface area (Å²) in [6.45, 7) is 7.30. The molecule has 1 aromatic rings. The molecule has 0 spiro atoms. The van der Waals surface area contributed by atoms with Crippen molar-refractivity contribution in [3.05, 3.63) is 29.8 Å². The van der Waals surface area contributed by atoms with E-state index >= 15 is 0 Å². The number of rotatable bonds is 4. The smallest absolute Gasteiger partial charge is 0.260 e. The third-order valence-corrected chi connectivity index (χ3v) is 4.26. The molecule has 1 aliphatic rings. The van der Waals surface area contributed by atoms with E-state index in [0.29, 0.717) is 31.7 Å². The summed E-state index contributed by atoms with van der Waals surface area (Å²) in [5.41, 5.74) is 1.29. The number of benzene rings is 1. The van der Waals surface area contributed by atoms with E-state index in [1.54, 1.807) is 4.90 Å². The number of carboxylic acid groups (broad SMARTS) is 1. The molecule has 0 aromatic heterocycles. The number of carbonyl (C=O) groups is 2. The average Bonchev–Trinajstić information content (AvgIpc) is 2.52. The molecule has 1 saturated heterocycles. The van der Waals surface area contributed by atoms with Gasteiger partial charge in [-0.05, 0) is 36.0 Å². The van der Waals surface area contributed by atoms with Crippen LogP contribution in [0.25, 0.3) is 0 Å². The zero-order valence-electron chi connectivity index (χ0n) is 14.0. The summed E-state index contributed by atoms with van der Waals surface area (Å²) in [6.07, 6.45) is 0.905. The van der Waals surface area contributed by atoms with E-state index in [-0.39, 0.29) is 17.9 Å². The molecule has 0 N–H and O–H groups in total. The fraction of sp³-hybridized carbons (Fsp3) is 0.556. The van der Waals surface area contributed by atoms with Crippen molar-refractivity contribution in [2.24, 2.45) is 5.92 Å². The van der Waals surface area contributed by atoms with Gasteiger partial charge in [0.2, 0.25) is 0 Å². The highest BCUT2D eigenvalue weighted by molar-refractivity contribution is 5.78. The minimum atomic E-state index is -1.02. The summed E-state index contributed by atoms with van der Waals surface area (Å²) in [5, 5.41) is 10.8. The van der Waals surface area contributed by atoms with Crippen molar-refractivity contribution in [2.45, 2.75) is 39.0 Å². The fourth-order valence-electron chi connectivity index (χ4n) is 2.65. The number of nitrogens with zero attached hydrogens (tertiary/aromatic N) is 1. The summed E-state index contributed by atoms with van der Waals surface area (Å²) in [6, 6.07) is 7.75. The van der Waals surface area contributed by atoms with Gasteiger partial charge in [-0.2, -0.15) is 0 Å². The minimum absolute atomic E-state index is 0.0230. The van der Waals surface area contributed by atoms with Gasteiger partial charge in [-0.25, -0.2) is 0 Å². The first-order valence-corrected chi connectivity index (χ1v) is 7.99. The van der Waals surface area contributed by atoms with Crippen LogP contribution in [0.4, 0.5) is 0 Å². The van der Waals surface area contributed by atoms with Gasteiger partial charge in [0.05, 0.1) is 0 Å². The molecular formula is C18H24NO4-. The van der Waals surface area contributed by atoms with Crippen molar-refractivity contribution >= 4 is 11.9 Å². The average molecular weight is 318 g/mol. The molecule has 0 bridgehead atoms. The lowest BCUT2D eigenvalue weighted by Crippen LogP contribution is -2.45. The van der Waals surface area contributed by atoms with Crippen molar-refractivity contribution in [2.75, 3.05) is 19.7 Å². The third kappa shape index (κ3) is 4.71. The fourth-order valence-corrected chi connectivity index (χ4v) is 2.65. The Kier molecular flexibility index (Phi) is 5.29. The number of piperidine rings is 1. The first-order chi connectivity index (χ1) is 10.8. The van der Waals surface area contributed by atoms with Crippen LogP contribution in [0, 0.1) is 5.92 Å². The lowest BCUT2D eigenvalue weighted by atomic mass is 9.87. The van der Waals surface area contributed by atoms with E-state index in [4.69, 9.17) is 4.74 Å². The molecule has 126 valence electrons. The molecule has 5 heteroatoms. The summed E-state index contributed by atoms with van der Waals surface area (Å²) in [7, 11) is 0. The second-order valence-electron chi connectivity index (χ2n) is 7.04. The summed E-state index contributed by atoms with van der Waals surface area (Å²) >= 11 is 0. The maximum Gasteiger partial charge on any atom is 0.260 e. The number of likely N-dealkylation sites (tertiary alicyclic amines) is 1. The van der Waals surface area contributed by atoms with E-state index in [9.17, 15) is 14.7 Å². The van der Waals surface area contributed by atoms with Gasteiger partial charge < -0.3 is 19.5 Å². The topological polar surface area (TPSA) is 69.7 Å². The monoisotopic (exact) mass is 318 g/mol. The maximum absolute atomic E-state index is 12.1. The Morgan fingerprint density at radius 2 is 1.74 bits per heavy atom. The molecule has 0 unspecified atom stereocenters. The molecule has 1 amide bonds. The molecule has 0 radical (unpaired) electrons. The third-order valence-electron chi connectivity index (χ3n) is 4.26. The van der Waals surface area contributed by atoms with Crippen LogP contribution in [0.5, 0.6) is 5.75 Å². The van der Waals surface area contributed by atoms with Crippen LogP contribution in [-0.4, -0.2) is 36.5 Å². The number of carboxylic acids is 1. The highest BCUT2D eigenvalue weighted by atomic mass is 16.5. The second kappa shape index (κ2) is 7.02. The molecule has 1 aliphatic heterocycles. The van der Waals surface area contributed by atoms with Crippen LogP contribution in [0.1, 0.15) is 39.2 Å². The lowest BCUT2D eigenvalue weighted by Gasteiger charge is -2.32. The highest BCUT2D eigenvalue weighted by Gasteiger charge is 2.23. The molecular weight excluding hydrogens is 294 g/mol. The molecule has 1 fully saturated rings. The molecule has 1 aromatic carbocycles. The SMILES string of the molecule is CC(C)(C)c1ccc(OCC(=O)N2CCC(C(=O)[O-])CC2)cc1. The molecule has 0 aliphatic carbocycles. The Morgan fingerprint density at radius 1 is 1.17 bits per heavy atom. The molecule has 0 atom stereocenters. The van der Waals surface area contributed by atoms with E-state index in [2.05, 4.69) is 20.8 Å². The van der Waals surface area contributed by atoms with E-state index < -0.39 is 11.9 Å². The second-order valence-corrected chi connectivity index (χ2v) is 7.04. The number of hydrogen-bond acceptors (Lipinski definition) is 4. The Balaban J connectivity index is 1.82. The Hall–Kier alpha value is -2.04. The molecule has 0 saturated carbocycles. The van der Waals surface area contributed by atoms with Crippen molar-refractivity contribution in [1.29, 1.82) is 0 Å². The van der Waals surface area contributed by atoms with Gasteiger partial charge in [-0.3, -0.25) is 4.79 Å². The number of amides is 1. The highest BCUT2D eigenvalue weighted by Crippen LogP contribution is 2.24. The molecule has 5 nitrogen and oxygen atoms in total. The van der Waals surface area contributed by atoms with E-state index in [1.165, 1.54) is 5.56 Å². The van der Waals surface area contributed by atoms with Crippen molar-refractivity contribution in [3.63, 3.8) is 0 Å². The zero-order valence-corrected chi connectivity index (χ0v) is 14.0. The van der Waals surface area contributed by atoms with Crippen LogP contribution in [-0.2, 0) is 15.0 Å². The predicted octanol–water partition coefficient (Wildman–Crippen LogP) is 1.35. The van der Waals surface area contributed by atoms with Crippen LogP contribution < -0.4 is 9.84 Å². The van der Waals surface area contributed by atoms with Crippen molar-refractivity contribution in [3.8, 4) is 5.75 Å². The van der Waals surface area contributed by atoms with Gasteiger partial charge in [0.15, 0.2) is 6.61 Å². The molecule has 2 rings (SSSR count). The van der Waals surface area contributed by atoms with Gasteiger partial charge in [-0.15, -0.1) is 0 Å². The minimum Gasteiger partial charge on any atom is -0.550 e. The summed E-state index contributed by atoms with van der Waals surface area (Å²) in [5.74, 6) is -0.908. The number of carbonyl (C=O) groups excluding carboxylic acids is 2. The number of aliphatic carboxylic acids is 1. The summed E-state index contributed by atoms with van der Waals surface area (Å²) < 4.78 is 5.54. The standard InChI is InChI=1S/C18H25NO4/c1-18(2,3)14-4-6-15(7-5-14)23-12-16(20)19-10-8-13(9-11-19)17(21)22/h4-7,13H,8-12H2,1-3H3,(H,21,22)/p-1. The van der Waals surface area contributed by atoms with Crippen LogP contribution in [0.3, 0.4) is 0 Å². The lowest BCUT2D eigenvalue weighted by molar-refractivity contribution is -0.312. The Bertz CT molecular complexity index is 551. The van der Waals surface area contributed by atoms with Gasteiger partial charge in [0, 0.05) is 25.0 Å². The quantitative estimate of drug-likeness (QED) is 0.840. The summed E-state index contributed by atoms with van der Waals surface area (Å²) in [4.78, 5) is 24.6. The van der Waals surface area contributed by atoms with Crippen LogP contribution in [0.2, 0.25) is 0 Å². The van der Waals surface area contributed by atoms with Crippen LogP contribution >= 0.6 is 0 Å². The van der Waals surface area contributed by atoms with Gasteiger partial charge in [0.1, 0.15) is 5.75 Å². The first-order valence-electron chi connectivity index (χ1n) is 7.99. The van der Waals surface area contributed by atoms with Crippen LogP contribution in [0.15, 0.2) is 24.3 Å². The Labute approximate surface area is 137 Å². The number of hydrogen-bond donors (Lipinski definition) is 0. The van der Waals surface area contributed by atoms with Gasteiger partial charge in [-0.1, -0.05) is 32.9 Å². The first kappa shape index (κ1) is 17.3. The molecule has 1 heterocycles. The van der Waals surface area contributed by atoms with E-state index in [0.717, 1.165) is 0 Å². The maximum atomic E-state index is 12.1. The normalized spacial score (nSPS) is 16.2. The van der Waals surface area contributed by atoms with Crippen molar-refractivity contribution < 1.29 is 19.4 Å². The predicted molar refractivity (Wildman–Crippen MR) is 84.9 cm³/mol. The number of ether oxygens (including phenoxy) is 1. The largest absolute Gasteiger partial charge is 0.550 e. The zero-order chi connectivity index (χ0) is 17.0. The molecule has 23 heavy (non-hydrogen) atoms. The van der Waals surface area contributed by atoms with E-state index in [1.807, 2.05) is 24.3 Å². The van der Waals surface area contributed by atoms with Gasteiger partial charge in [0.25, 0.3) is 5.91 Å². The van der Waals surface area contributed by atoms with Gasteiger partial charge >= 0.3 is 0 Å².